The lowest BCUT2D eigenvalue weighted by Gasteiger charge is -2.19. The number of rotatable bonds is 9. The molecule has 0 unspecified atom stereocenters. The SMILES string of the molecule is COCCCNC(=O)CN(C)C(=O)Cn1c(-c2ccccc2)cc2ccccc21. The maximum Gasteiger partial charge on any atom is 0.242 e. The van der Waals surface area contributed by atoms with Gasteiger partial charge in [-0.3, -0.25) is 9.59 Å². The van der Waals surface area contributed by atoms with Gasteiger partial charge in [0.15, 0.2) is 0 Å². The summed E-state index contributed by atoms with van der Waals surface area (Å²) < 4.78 is 6.98. The number of hydrogen-bond acceptors (Lipinski definition) is 3. The number of likely N-dealkylation sites (N-methyl/N-ethyl adjacent to an activating group) is 1. The standard InChI is InChI=1S/C23H27N3O3/c1-25(16-22(27)24-13-8-14-29-2)23(28)17-26-20-12-7-6-11-19(20)15-21(26)18-9-4-3-5-10-18/h3-7,9-12,15H,8,13-14,16-17H2,1-2H3,(H,24,27). The zero-order chi connectivity index (χ0) is 20.6. The Bertz CT molecular complexity index is 966. The molecule has 0 saturated carbocycles. The highest BCUT2D eigenvalue weighted by Gasteiger charge is 2.17. The van der Waals surface area contributed by atoms with Crippen molar-refractivity contribution in [2.75, 3.05) is 33.9 Å². The van der Waals surface area contributed by atoms with Gasteiger partial charge in [0, 0.05) is 43.9 Å². The fourth-order valence-electron chi connectivity index (χ4n) is 3.29. The minimum absolute atomic E-state index is 0.0334. The molecule has 0 spiro atoms. The first-order valence-electron chi connectivity index (χ1n) is 9.73. The molecule has 6 nitrogen and oxygen atoms in total. The van der Waals surface area contributed by atoms with Gasteiger partial charge in [-0.2, -0.15) is 0 Å². The van der Waals surface area contributed by atoms with E-state index in [-0.39, 0.29) is 24.9 Å². The van der Waals surface area contributed by atoms with Crippen molar-refractivity contribution in [3.8, 4) is 11.3 Å². The molecule has 0 aliphatic carbocycles. The van der Waals surface area contributed by atoms with Crippen molar-refractivity contribution in [3.63, 3.8) is 0 Å². The maximum atomic E-state index is 12.9. The van der Waals surface area contributed by atoms with Gasteiger partial charge in [-0.25, -0.2) is 0 Å². The van der Waals surface area contributed by atoms with Crippen LogP contribution in [0.5, 0.6) is 0 Å². The van der Waals surface area contributed by atoms with Crippen LogP contribution in [0.3, 0.4) is 0 Å². The molecule has 0 saturated heterocycles. The Hall–Kier alpha value is -3.12. The first-order chi connectivity index (χ1) is 14.1. The van der Waals surface area contributed by atoms with Gasteiger partial charge in [0.25, 0.3) is 0 Å². The molecule has 3 aromatic rings. The van der Waals surface area contributed by atoms with Crippen molar-refractivity contribution in [2.24, 2.45) is 0 Å². The number of methoxy groups -OCH3 is 1. The molecule has 1 heterocycles. The molecule has 29 heavy (non-hydrogen) atoms. The third-order valence-electron chi connectivity index (χ3n) is 4.83. The third kappa shape index (κ3) is 5.23. The van der Waals surface area contributed by atoms with E-state index in [4.69, 9.17) is 4.74 Å². The van der Waals surface area contributed by atoms with Crippen LogP contribution in [0.2, 0.25) is 0 Å². The second kappa shape index (κ2) is 9.89. The molecule has 6 heteroatoms. The summed E-state index contributed by atoms with van der Waals surface area (Å²) in [6.45, 7) is 1.34. The van der Waals surface area contributed by atoms with E-state index >= 15 is 0 Å². The number of fused-ring (bicyclic) bond motifs is 1. The quantitative estimate of drug-likeness (QED) is 0.569. The fourth-order valence-corrected chi connectivity index (χ4v) is 3.29. The zero-order valence-electron chi connectivity index (χ0n) is 16.9. The number of aromatic nitrogens is 1. The van der Waals surface area contributed by atoms with Crippen molar-refractivity contribution >= 4 is 22.7 Å². The first kappa shape index (κ1) is 20.6. The van der Waals surface area contributed by atoms with Gasteiger partial charge in [-0.15, -0.1) is 0 Å². The number of hydrogen-bond donors (Lipinski definition) is 1. The van der Waals surface area contributed by atoms with Gasteiger partial charge in [-0.1, -0.05) is 48.5 Å². The van der Waals surface area contributed by atoms with E-state index in [0.717, 1.165) is 28.6 Å². The Kier molecular flexibility index (Phi) is 7.03. The Balaban J connectivity index is 1.73. The van der Waals surface area contributed by atoms with Crippen LogP contribution < -0.4 is 5.32 Å². The lowest BCUT2D eigenvalue weighted by Crippen LogP contribution is -2.40. The molecule has 3 rings (SSSR count). The van der Waals surface area contributed by atoms with E-state index in [2.05, 4.69) is 11.4 Å². The lowest BCUT2D eigenvalue weighted by atomic mass is 10.1. The Labute approximate surface area is 171 Å². The molecule has 2 aromatic carbocycles. The largest absolute Gasteiger partial charge is 0.385 e. The second-order valence-corrected chi connectivity index (χ2v) is 6.99. The predicted molar refractivity (Wildman–Crippen MR) is 115 cm³/mol. The van der Waals surface area contributed by atoms with Gasteiger partial charge < -0.3 is 19.5 Å². The summed E-state index contributed by atoms with van der Waals surface area (Å²) in [7, 11) is 3.29. The zero-order valence-corrected chi connectivity index (χ0v) is 16.9. The summed E-state index contributed by atoms with van der Waals surface area (Å²) in [5, 5.41) is 3.89. The summed E-state index contributed by atoms with van der Waals surface area (Å²) in [6.07, 6.45) is 0.746. The predicted octanol–water partition coefficient (Wildman–Crippen LogP) is 2.92. The molecule has 0 aliphatic rings. The summed E-state index contributed by atoms with van der Waals surface area (Å²) in [6, 6.07) is 20.1. The Morgan fingerprint density at radius 2 is 1.79 bits per heavy atom. The van der Waals surface area contributed by atoms with Crippen LogP contribution in [0, 0.1) is 0 Å². The monoisotopic (exact) mass is 393 g/mol. The van der Waals surface area contributed by atoms with Crippen LogP contribution in [0.15, 0.2) is 60.7 Å². The lowest BCUT2D eigenvalue weighted by molar-refractivity contribution is -0.135. The van der Waals surface area contributed by atoms with Gasteiger partial charge in [0.1, 0.15) is 6.54 Å². The number of amides is 2. The number of nitrogens with zero attached hydrogens (tertiary/aromatic N) is 2. The maximum absolute atomic E-state index is 12.9. The number of benzene rings is 2. The number of ether oxygens (including phenoxy) is 1. The molecule has 0 atom stereocenters. The van der Waals surface area contributed by atoms with Crippen molar-refractivity contribution in [1.82, 2.24) is 14.8 Å². The average Bonchev–Trinajstić information content (AvgIpc) is 3.10. The van der Waals surface area contributed by atoms with Crippen molar-refractivity contribution < 1.29 is 14.3 Å². The van der Waals surface area contributed by atoms with Crippen LogP contribution in [0.4, 0.5) is 0 Å². The van der Waals surface area contributed by atoms with Crippen LogP contribution in [-0.2, 0) is 20.9 Å². The Morgan fingerprint density at radius 3 is 2.55 bits per heavy atom. The molecule has 1 N–H and O–H groups in total. The minimum atomic E-state index is -0.169. The topological polar surface area (TPSA) is 63.6 Å². The number of carbonyl (C=O) groups excluding carboxylic acids is 2. The van der Waals surface area contributed by atoms with E-state index in [1.54, 1.807) is 14.2 Å². The van der Waals surface area contributed by atoms with Gasteiger partial charge in [0.05, 0.1) is 6.54 Å². The third-order valence-corrected chi connectivity index (χ3v) is 4.83. The van der Waals surface area contributed by atoms with E-state index in [0.29, 0.717) is 13.2 Å². The fraction of sp³-hybridized carbons (Fsp3) is 0.304. The summed E-state index contributed by atoms with van der Waals surface area (Å²) in [4.78, 5) is 26.4. The van der Waals surface area contributed by atoms with E-state index < -0.39 is 0 Å². The Morgan fingerprint density at radius 1 is 1.07 bits per heavy atom. The average molecular weight is 393 g/mol. The summed E-state index contributed by atoms with van der Waals surface area (Å²) >= 11 is 0. The number of para-hydroxylation sites is 1. The number of nitrogens with one attached hydrogen (secondary N) is 1. The number of carbonyl (C=O) groups is 2. The molecule has 2 amide bonds. The second-order valence-electron chi connectivity index (χ2n) is 6.99. The van der Waals surface area contributed by atoms with Gasteiger partial charge in [0.2, 0.25) is 11.8 Å². The molecule has 152 valence electrons. The minimum Gasteiger partial charge on any atom is -0.385 e. The summed E-state index contributed by atoms with van der Waals surface area (Å²) in [5.41, 5.74) is 3.03. The molecular weight excluding hydrogens is 366 g/mol. The van der Waals surface area contributed by atoms with E-state index in [1.807, 2.05) is 59.2 Å². The first-order valence-corrected chi connectivity index (χ1v) is 9.73. The smallest absolute Gasteiger partial charge is 0.242 e. The van der Waals surface area contributed by atoms with Crippen LogP contribution >= 0.6 is 0 Å². The highest BCUT2D eigenvalue weighted by atomic mass is 16.5. The molecule has 0 bridgehead atoms. The molecule has 0 aliphatic heterocycles. The van der Waals surface area contributed by atoms with Crippen LogP contribution in [-0.4, -0.2) is 55.1 Å². The highest BCUT2D eigenvalue weighted by Crippen LogP contribution is 2.28. The van der Waals surface area contributed by atoms with Crippen LogP contribution in [0.1, 0.15) is 6.42 Å². The van der Waals surface area contributed by atoms with Gasteiger partial charge in [-0.05, 0) is 24.1 Å². The normalized spacial score (nSPS) is 10.8. The molecule has 1 aromatic heterocycles. The highest BCUT2D eigenvalue weighted by molar-refractivity contribution is 5.90. The molecule has 0 radical (unpaired) electrons. The van der Waals surface area contributed by atoms with Crippen molar-refractivity contribution in [2.45, 2.75) is 13.0 Å². The van der Waals surface area contributed by atoms with E-state index in [9.17, 15) is 9.59 Å². The summed E-state index contributed by atoms with van der Waals surface area (Å²) in [5.74, 6) is -0.284. The van der Waals surface area contributed by atoms with Crippen molar-refractivity contribution in [1.29, 1.82) is 0 Å². The molecular formula is C23H27N3O3. The van der Waals surface area contributed by atoms with Gasteiger partial charge >= 0.3 is 0 Å². The van der Waals surface area contributed by atoms with E-state index in [1.165, 1.54) is 4.90 Å². The molecule has 0 fully saturated rings. The van der Waals surface area contributed by atoms with Crippen LogP contribution in [0.25, 0.3) is 22.2 Å². The van der Waals surface area contributed by atoms with Crippen molar-refractivity contribution in [3.05, 3.63) is 60.7 Å².